The third-order valence-corrected chi connectivity index (χ3v) is 4.72. The Balaban J connectivity index is 1.89. The second-order valence-corrected chi connectivity index (χ2v) is 6.38. The van der Waals surface area contributed by atoms with E-state index in [1.54, 1.807) is 0 Å². The number of rotatable bonds is 5. The number of nitrogens with zero attached hydrogens (tertiary/aromatic N) is 1. The quantitative estimate of drug-likeness (QED) is 0.660. The molecule has 1 aliphatic carbocycles. The van der Waals surface area contributed by atoms with Crippen LogP contribution in [0.4, 0.5) is 9.59 Å². The van der Waals surface area contributed by atoms with Crippen LogP contribution in [0.1, 0.15) is 38.5 Å². The van der Waals surface area contributed by atoms with Gasteiger partial charge in [0.05, 0.1) is 6.04 Å². The van der Waals surface area contributed by atoms with Crippen LogP contribution >= 0.6 is 0 Å². The van der Waals surface area contributed by atoms with Crippen LogP contribution in [0, 0.1) is 5.92 Å². The summed E-state index contributed by atoms with van der Waals surface area (Å²) in [5.41, 5.74) is 0. The van der Waals surface area contributed by atoms with Crippen molar-refractivity contribution >= 4 is 18.2 Å². The number of aliphatic carboxylic acids is 1. The molecule has 8 heteroatoms. The second-order valence-electron chi connectivity index (χ2n) is 6.38. The Kier molecular flexibility index (Phi) is 6.05. The SMILES string of the molecule is C=CCC1CCCCC1OC(=O)N[C@@H]1C[C@@H](C(=O)O)N(C(=O)O)C1. The van der Waals surface area contributed by atoms with Gasteiger partial charge >= 0.3 is 18.2 Å². The number of carbonyl (C=O) groups is 3. The van der Waals surface area contributed by atoms with Gasteiger partial charge in [-0.15, -0.1) is 6.58 Å². The van der Waals surface area contributed by atoms with Gasteiger partial charge in [-0.05, 0) is 31.6 Å². The summed E-state index contributed by atoms with van der Waals surface area (Å²) in [5, 5.41) is 20.7. The number of hydrogen-bond donors (Lipinski definition) is 3. The lowest BCUT2D eigenvalue weighted by atomic mass is 9.84. The number of allylic oxidation sites excluding steroid dienone is 1. The van der Waals surface area contributed by atoms with Crippen molar-refractivity contribution in [3.63, 3.8) is 0 Å². The lowest BCUT2D eigenvalue weighted by Crippen LogP contribution is -2.42. The number of hydrogen-bond acceptors (Lipinski definition) is 4. The fourth-order valence-corrected chi connectivity index (χ4v) is 3.54. The minimum absolute atomic E-state index is 0.0392. The molecule has 134 valence electrons. The summed E-state index contributed by atoms with van der Waals surface area (Å²) < 4.78 is 5.50. The molecule has 1 heterocycles. The molecule has 0 radical (unpaired) electrons. The predicted octanol–water partition coefficient (Wildman–Crippen LogP) is 2.05. The van der Waals surface area contributed by atoms with Gasteiger partial charge in [-0.25, -0.2) is 14.4 Å². The Morgan fingerprint density at radius 1 is 1.25 bits per heavy atom. The maximum absolute atomic E-state index is 12.1. The minimum atomic E-state index is -1.31. The highest BCUT2D eigenvalue weighted by Crippen LogP contribution is 2.29. The van der Waals surface area contributed by atoms with Gasteiger partial charge < -0.3 is 20.3 Å². The summed E-state index contributed by atoms with van der Waals surface area (Å²) in [5.74, 6) is -0.957. The number of amides is 2. The van der Waals surface area contributed by atoms with Crippen LogP contribution < -0.4 is 5.32 Å². The molecule has 0 bridgehead atoms. The van der Waals surface area contributed by atoms with E-state index in [1.807, 2.05) is 6.08 Å². The average Bonchev–Trinajstić information content (AvgIpc) is 2.94. The first-order valence-electron chi connectivity index (χ1n) is 8.22. The van der Waals surface area contributed by atoms with Crippen molar-refractivity contribution in [2.24, 2.45) is 5.92 Å². The molecule has 24 heavy (non-hydrogen) atoms. The molecule has 1 saturated carbocycles. The average molecular weight is 340 g/mol. The summed E-state index contributed by atoms with van der Waals surface area (Å²) in [6, 6.07) is -1.70. The molecule has 0 aromatic rings. The van der Waals surface area contributed by atoms with Gasteiger partial charge in [-0.1, -0.05) is 12.5 Å². The molecule has 2 aliphatic rings. The first kappa shape index (κ1) is 18.1. The lowest BCUT2D eigenvalue weighted by molar-refractivity contribution is -0.141. The molecule has 2 rings (SSSR count). The number of carbonyl (C=O) groups excluding carboxylic acids is 1. The van der Waals surface area contributed by atoms with Crippen LogP contribution in [-0.4, -0.2) is 58.0 Å². The number of ether oxygens (including phenoxy) is 1. The Morgan fingerprint density at radius 2 is 1.96 bits per heavy atom. The molecule has 1 aliphatic heterocycles. The normalized spacial score (nSPS) is 29.8. The van der Waals surface area contributed by atoms with Gasteiger partial charge in [-0.2, -0.15) is 0 Å². The predicted molar refractivity (Wildman–Crippen MR) is 84.7 cm³/mol. The van der Waals surface area contributed by atoms with Crippen LogP contribution in [0.2, 0.25) is 0 Å². The summed E-state index contributed by atoms with van der Waals surface area (Å²) in [6.45, 7) is 3.67. The van der Waals surface area contributed by atoms with Gasteiger partial charge in [-0.3, -0.25) is 4.90 Å². The third-order valence-electron chi connectivity index (χ3n) is 4.72. The third kappa shape index (κ3) is 4.39. The Hall–Kier alpha value is -2.25. The molecule has 8 nitrogen and oxygen atoms in total. The molecular formula is C16H24N2O6. The van der Waals surface area contributed by atoms with Crippen LogP contribution in [0.3, 0.4) is 0 Å². The number of likely N-dealkylation sites (tertiary alicyclic amines) is 1. The van der Waals surface area contributed by atoms with E-state index in [4.69, 9.17) is 14.9 Å². The molecule has 2 fully saturated rings. The van der Waals surface area contributed by atoms with Crippen molar-refractivity contribution in [2.75, 3.05) is 6.54 Å². The maximum atomic E-state index is 12.1. The van der Waals surface area contributed by atoms with Crippen molar-refractivity contribution in [3.8, 4) is 0 Å². The zero-order valence-corrected chi connectivity index (χ0v) is 13.5. The van der Waals surface area contributed by atoms with Crippen LogP contribution in [0.5, 0.6) is 0 Å². The molecule has 1 saturated heterocycles. The smallest absolute Gasteiger partial charge is 0.408 e. The van der Waals surface area contributed by atoms with Crippen molar-refractivity contribution in [2.45, 2.75) is 56.7 Å². The second kappa shape index (κ2) is 8.03. The Labute approximate surface area is 140 Å². The van der Waals surface area contributed by atoms with Crippen molar-refractivity contribution in [3.05, 3.63) is 12.7 Å². The highest BCUT2D eigenvalue weighted by molar-refractivity contribution is 5.80. The minimum Gasteiger partial charge on any atom is -0.480 e. The van der Waals surface area contributed by atoms with Gasteiger partial charge in [0.25, 0.3) is 0 Å². The lowest BCUT2D eigenvalue weighted by Gasteiger charge is -2.30. The van der Waals surface area contributed by atoms with Crippen LogP contribution in [0.25, 0.3) is 0 Å². The van der Waals surface area contributed by atoms with E-state index in [0.717, 1.165) is 37.0 Å². The number of carboxylic acids is 1. The molecule has 2 amide bonds. The number of carboxylic acid groups (broad SMARTS) is 2. The van der Waals surface area contributed by atoms with Crippen molar-refractivity contribution in [1.82, 2.24) is 10.2 Å². The fraction of sp³-hybridized carbons (Fsp3) is 0.688. The van der Waals surface area contributed by atoms with Gasteiger partial charge in [0.2, 0.25) is 0 Å². The summed E-state index contributed by atoms with van der Waals surface area (Å²) >= 11 is 0. The number of alkyl carbamates (subject to hydrolysis) is 1. The van der Waals surface area contributed by atoms with E-state index >= 15 is 0 Å². The summed E-state index contributed by atoms with van der Waals surface area (Å²) in [4.78, 5) is 35.1. The standard InChI is InChI=1S/C16H24N2O6/c1-2-5-10-6-3-4-7-13(10)24-15(21)17-11-8-12(14(19)20)18(9-11)16(22)23/h2,10-13H,1,3-9H2,(H,17,21)(H,19,20)(H,22,23)/t10?,11-,12+,13?/m1/s1. The van der Waals surface area contributed by atoms with Crippen LogP contribution in [0.15, 0.2) is 12.7 Å². The van der Waals surface area contributed by atoms with E-state index in [2.05, 4.69) is 11.9 Å². The maximum Gasteiger partial charge on any atom is 0.408 e. The van der Waals surface area contributed by atoms with Crippen LogP contribution in [-0.2, 0) is 9.53 Å². The van der Waals surface area contributed by atoms with E-state index in [0.29, 0.717) is 0 Å². The van der Waals surface area contributed by atoms with E-state index in [-0.39, 0.29) is 25.0 Å². The first-order valence-corrected chi connectivity index (χ1v) is 8.22. The van der Waals surface area contributed by atoms with E-state index in [9.17, 15) is 14.4 Å². The highest BCUT2D eigenvalue weighted by atomic mass is 16.6. The largest absolute Gasteiger partial charge is 0.480 e. The molecular weight excluding hydrogens is 316 g/mol. The molecule has 2 unspecified atom stereocenters. The monoisotopic (exact) mass is 340 g/mol. The zero-order chi connectivity index (χ0) is 17.7. The molecule has 0 aromatic heterocycles. The Bertz CT molecular complexity index is 487. The first-order chi connectivity index (χ1) is 11.4. The molecule has 3 N–H and O–H groups in total. The highest BCUT2D eigenvalue weighted by Gasteiger charge is 2.41. The van der Waals surface area contributed by atoms with Crippen molar-refractivity contribution < 1.29 is 29.3 Å². The molecule has 4 atom stereocenters. The summed E-state index contributed by atoms with van der Waals surface area (Å²) in [6.07, 6.45) is 4.45. The topological polar surface area (TPSA) is 116 Å². The fourth-order valence-electron chi connectivity index (χ4n) is 3.54. The summed E-state index contributed by atoms with van der Waals surface area (Å²) in [7, 11) is 0. The van der Waals surface area contributed by atoms with E-state index in [1.165, 1.54) is 0 Å². The van der Waals surface area contributed by atoms with Gasteiger partial charge in [0.15, 0.2) is 0 Å². The van der Waals surface area contributed by atoms with Crippen molar-refractivity contribution in [1.29, 1.82) is 0 Å². The molecule has 0 spiro atoms. The van der Waals surface area contributed by atoms with Gasteiger partial charge in [0, 0.05) is 13.0 Å². The molecule has 0 aromatic carbocycles. The van der Waals surface area contributed by atoms with Gasteiger partial charge in [0.1, 0.15) is 12.1 Å². The Morgan fingerprint density at radius 3 is 2.54 bits per heavy atom. The number of nitrogens with one attached hydrogen (secondary N) is 1. The zero-order valence-electron chi connectivity index (χ0n) is 13.5. The van der Waals surface area contributed by atoms with E-state index < -0.39 is 30.2 Å².